The Morgan fingerprint density at radius 3 is 2.41 bits per heavy atom. The Labute approximate surface area is 201 Å². The molecule has 3 rings (SSSR count). The largest absolute Gasteiger partial charge is 0.419 e. The monoisotopic (exact) mass is 490 g/mol. The summed E-state index contributed by atoms with van der Waals surface area (Å²) < 4.78 is 53.3. The summed E-state index contributed by atoms with van der Waals surface area (Å²) in [5, 5.41) is 29.9. The van der Waals surface area contributed by atoms with Crippen molar-refractivity contribution in [1.29, 1.82) is 0 Å². The van der Waals surface area contributed by atoms with Gasteiger partial charge in [-0.15, -0.1) is 0 Å². The zero-order chi connectivity index (χ0) is 25.5. The number of rotatable bonds is 6. The molecule has 0 amide bonds. The molecule has 0 bridgehead atoms. The summed E-state index contributed by atoms with van der Waals surface area (Å²) in [6.45, 7) is 6.81. The van der Waals surface area contributed by atoms with Crippen LogP contribution < -0.4 is 0 Å². The first-order chi connectivity index (χ1) is 15.7. The number of aliphatic hydroxyl groups excluding tert-OH is 2. The van der Waals surface area contributed by atoms with Gasteiger partial charge in [0.2, 0.25) is 0 Å². The Hall–Kier alpha value is -0.920. The van der Waals surface area contributed by atoms with Crippen LogP contribution in [0.3, 0.4) is 0 Å². The Kier molecular flexibility index (Phi) is 8.31. The lowest BCUT2D eigenvalue weighted by Gasteiger charge is -2.44. The van der Waals surface area contributed by atoms with Crippen LogP contribution in [-0.2, 0) is 0 Å². The normalized spacial score (nSPS) is 40.7. The molecular weight excluding hydrogens is 448 g/mol. The van der Waals surface area contributed by atoms with Gasteiger partial charge in [0.05, 0.1) is 12.2 Å². The van der Waals surface area contributed by atoms with Crippen molar-refractivity contribution < 1.29 is 32.9 Å². The van der Waals surface area contributed by atoms with Crippen LogP contribution in [0, 0.1) is 29.1 Å². The highest BCUT2D eigenvalue weighted by Gasteiger charge is 2.56. The Morgan fingerprint density at radius 1 is 1.12 bits per heavy atom. The third-order valence-corrected chi connectivity index (χ3v) is 9.44. The average molecular weight is 491 g/mol. The topological polar surface area (TPSA) is 60.7 Å². The molecule has 0 spiro atoms. The highest BCUT2D eigenvalue weighted by molar-refractivity contribution is 5.27. The predicted octanol–water partition coefficient (Wildman–Crippen LogP) is 6.28. The molecule has 0 heterocycles. The summed E-state index contributed by atoms with van der Waals surface area (Å²) >= 11 is 0. The van der Waals surface area contributed by atoms with E-state index in [1.54, 1.807) is 0 Å². The fourth-order valence-electron chi connectivity index (χ4n) is 6.99. The van der Waals surface area contributed by atoms with E-state index < -0.39 is 30.2 Å². The Morgan fingerprint density at radius 2 is 1.76 bits per heavy atom. The summed E-state index contributed by atoms with van der Waals surface area (Å²) in [5.74, 6) is 0.778. The van der Waals surface area contributed by atoms with E-state index in [2.05, 4.69) is 19.1 Å². The molecule has 0 aromatic heterocycles. The average Bonchev–Trinajstić information content (AvgIpc) is 3.09. The maximum Gasteiger partial charge on any atom is 0.419 e. The van der Waals surface area contributed by atoms with E-state index in [-0.39, 0.29) is 23.7 Å². The molecule has 0 saturated heterocycles. The van der Waals surface area contributed by atoms with Crippen LogP contribution in [0.25, 0.3) is 0 Å². The molecule has 3 aliphatic carbocycles. The molecule has 196 valence electrons. The van der Waals surface area contributed by atoms with Gasteiger partial charge >= 0.3 is 6.18 Å². The molecule has 0 radical (unpaired) electrons. The fourth-order valence-corrected chi connectivity index (χ4v) is 6.99. The number of hydrogen-bond donors (Lipinski definition) is 3. The van der Waals surface area contributed by atoms with Crippen molar-refractivity contribution in [2.75, 3.05) is 0 Å². The molecule has 0 aromatic rings. The molecule has 34 heavy (non-hydrogen) atoms. The van der Waals surface area contributed by atoms with Crippen molar-refractivity contribution in [2.45, 2.75) is 116 Å². The van der Waals surface area contributed by atoms with Gasteiger partial charge in [0.25, 0.3) is 0 Å². The van der Waals surface area contributed by atoms with Gasteiger partial charge in [-0.1, -0.05) is 44.1 Å². The van der Waals surface area contributed by atoms with Gasteiger partial charge in [-0.05, 0) is 81.5 Å². The summed E-state index contributed by atoms with van der Waals surface area (Å²) in [5.41, 5.74) is -0.848. The van der Waals surface area contributed by atoms with E-state index in [0.717, 1.165) is 37.7 Å². The maximum atomic E-state index is 14.4. The van der Waals surface area contributed by atoms with Crippen LogP contribution in [0.2, 0.25) is 0 Å². The van der Waals surface area contributed by atoms with E-state index in [1.807, 2.05) is 13.8 Å². The van der Waals surface area contributed by atoms with Gasteiger partial charge in [-0.3, -0.25) is 0 Å². The number of hydrogen-bond acceptors (Lipinski definition) is 3. The second-order valence-electron chi connectivity index (χ2n) is 11.7. The van der Waals surface area contributed by atoms with Crippen LogP contribution in [0.5, 0.6) is 0 Å². The van der Waals surface area contributed by atoms with E-state index in [0.29, 0.717) is 38.0 Å². The lowest BCUT2D eigenvalue weighted by molar-refractivity contribution is -0.273. The minimum absolute atomic E-state index is 0.0223. The molecule has 9 atom stereocenters. The van der Waals surface area contributed by atoms with Gasteiger partial charge in [0.15, 0.2) is 5.60 Å². The van der Waals surface area contributed by atoms with Gasteiger partial charge in [-0.2, -0.15) is 13.2 Å². The van der Waals surface area contributed by atoms with Crippen molar-refractivity contribution in [3.8, 4) is 0 Å². The molecule has 3 aliphatic rings. The van der Waals surface area contributed by atoms with Gasteiger partial charge < -0.3 is 15.3 Å². The molecule has 3 fully saturated rings. The van der Waals surface area contributed by atoms with Crippen molar-refractivity contribution in [3.63, 3.8) is 0 Å². The summed E-state index contributed by atoms with van der Waals surface area (Å²) in [4.78, 5) is 0. The lowest BCUT2D eigenvalue weighted by atomic mass is 9.60. The number of aliphatic hydroxyl groups is 3. The summed E-state index contributed by atoms with van der Waals surface area (Å²) in [7, 11) is 0. The van der Waals surface area contributed by atoms with E-state index in [9.17, 15) is 32.9 Å². The van der Waals surface area contributed by atoms with E-state index >= 15 is 0 Å². The fraction of sp³-hybridized carbons (Fsp3) is 0.852. The predicted molar refractivity (Wildman–Crippen MR) is 125 cm³/mol. The van der Waals surface area contributed by atoms with Gasteiger partial charge in [0, 0.05) is 12.3 Å². The molecular formula is C27H42F4O3. The summed E-state index contributed by atoms with van der Waals surface area (Å²) in [6, 6.07) is 0. The molecule has 3 nitrogen and oxygen atoms in total. The van der Waals surface area contributed by atoms with Crippen molar-refractivity contribution >= 4 is 0 Å². The van der Waals surface area contributed by atoms with E-state index in [4.69, 9.17) is 0 Å². The quantitative estimate of drug-likeness (QED) is 0.384. The molecule has 0 aliphatic heterocycles. The number of allylic oxidation sites excluding steroid dienone is 3. The highest BCUT2D eigenvalue weighted by Crippen LogP contribution is 2.60. The second kappa shape index (κ2) is 10.2. The zero-order valence-electron chi connectivity index (χ0n) is 20.9. The lowest BCUT2D eigenvalue weighted by Crippen LogP contribution is -2.50. The van der Waals surface area contributed by atoms with E-state index in [1.165, 1.54) is 5.57 Å². The van der Waals surface area contributed by atoms with Crippen molar-refractivity contribution in [2.24, 2.45) is 29.1 Å². The third kappa shape index (κ3) is 5.41. The first kappa shape index (κ1) is 27.7. The first-order valence-electron chi connectivity index (χ1n) is 12.9. The van der Waals surface area contributed by atoms with Crippen molar-refractivity contribution in [1.82, 2.24) is 0 Å². The summed E-state index contributed by atoms with van der Waals surface area (Å²) in [6.07, 6.45) is 1.99. The number of alkyl halides is 4. The van der Waals surface area contributed by atoms with Gasteiger partial charge in [0.1, 0.15) is 6.17 Å². The Bertz CT molecular complexity index is 774. The highest BCUT2D eigenvalue weighted by atomic mass is 19.4. The van der Waals surface area contributed by atoms with Crippen LogP contribution in [0.4, 0.5) is 17.6 Å². The third-order valence-electron chi connectivity index (χ3n) is 9.44. The molecule has 6 unspecified atom stereocenters. The second-order valence-corrected chi connectivity index (χ2v) is 11.7. The maximum absolute atomic E-state index is 14.4. The molecule has 3 saturated carbocycles. The standard InChI is InChI=1S/C27H42F4O3/c1-16(7-12-24(28)26(4,34)27(29,30)31)21-10-11-22-18(6-5-13-25(21,22)3)8-9-19-14-20(32)15-23(33)17(19)2/h8-9,16-17,20-24,32-34H,5-7,10-15H2,1-4H3/b18-8+,19-9-/t16?,17?,20-,21?,22?,23+,24+,25?,26?/m1/s1. The zero-order valence-corrected chi connectivity index (χ0v) is 20.9. The number of halogens is 4. The SMILES string of the molecule is CC(CC[C@H](F)C(C)(O)C(F)(F)F)C1CCC2/C(=C/C=C3/C[C@@H](O)C[C@H](O)C3C)CCCC21C. The Balaban J connectivity index is 1.69. The van der Waals surface area contributed by atoms with Crippen molar-refractivity contribution in [3.05, 3.63) is 23.3 Å². The van der Waals surface area contributed by atoms with Gasteiger partial charge in [-0.25, -0.2) is 4.39 Å². The number of fused-ring (bicyclic) bond motifs is 1. The van der Waals surface area contributed by atoms with Crippen LogP contribution in [-0.4, -0.2) is 45.5 Å². The van der Waals surface area contributed by atoms with Crippen LogP contribution >= 0.6 is 0 Å². The van der Waals surface area contributed by atoms with Crippen LogP contribution in [0.15, 0.2) is 23.3 Å². The first-order valence-corrected chi connectivity index (χ1v) is 12.9. The van der Waals surface area contributed by atoms with Crippen LogP contribution in [0.1, 0.15) is 85.5 Å². The molecule has 7 heteroatoms. The molecule has 0 aromatic carbocycles. The minimum Gasteiger partial charge on any atom is -0.393 e. The smallest absolute Gasteiger partial charge is 0.393 e. The molecule has 3 N–H and O–H groups in total. The minimum atomic E-state index is -4.99.